The molecule has 50 heavy (non-hydrogen) atoms. The number of aliphatic hydroxyl groups excluding tert-OH is 6. The lowest BCUT2D eigenvalue weighted by Gasteiger charge is -2.40. The number of hydrogen-bond acceptors (Lipinski definition) is 9. The van der Waals surface area contributed by atoms with Crippen LogP contribution < -0.4 is 5.32 Å². The molecule has 8 atom stereocenters. The van der Waals surface area contributed by atoms with E-state index >= 15 is 0 Å². The molecule has 0 aromatic rings. The molecule has 0 aliphatic carbocycles. The Hall–Kier alpha value is -1.37. The number of carbonyl (C=O) groups excluding carboxylic acids is 1. The monoisotopic (exact) mass is 714 g/mol. The van der Waals surface area contributed by atoms with Crippen LogP contribution in [0.25, 0.3) is 0 Å². The number of allylic oxidation sites excluding steroid dienone is 3. The van der Waals surface area contributed by atoms with Crippen molar-refractivity contribution in [2.75, 3.05) is 13.2 Å². The highest BCUT2D eigenvalue weighted by atomic mass is 16.7. The molecule has 0 radical (unpaired) electrons. The van der Waals surface area contributed by atoms with Gasteiger partial charge in [0.25, 0.3) is 0 Å². The van der Waals surface area contributed by atoms with E-state index in [0.29, 0.717) is 12.8 Å². The molecule has 0 spiro atoms. The first-order valence-electron chi connectivity index (χ1n) is 20.2. The van der Waals surface area contributed by atoms with Gasteiger partial charge in [-0.05, 0) is 38.5 Å². The Balaban J connectivity index is 2.53. The molecule has 1 aliphatic rings. The van der Waals surface area contributed by atoms with Crippen molar-refractivity contribution in [2.24, 2.45) is 0 Å². The Bertz CT molecular complexity index is 855. The second-order valence-corrected chi connectivity index (χ2v) is 14.2. The van der Waals surface area contributed by atoms with E-state index in [1.165, 1.54) is 89.9 Å². The molecule has 2 unspecified atom stereocenters. The number of hydrogen-bond donors (Lipinski definition) is 7. The van der Waals surface area contributed by atoms with Crippen LogP contribution >= 0.6 is 0 Å². The molecular formula is C40H75NO9. The minimum Gasteiger partial charge on any atom is -0.394 e. The molecule has 294 valence electrons. The molecule has 0 saturated carbocycles. The lowest BCUT2D eigenvalue weighted by molar-refractivity contribution is -0.302. The van der Waals surface area contributed by atoms with Gasteiger partial charge in [0.1, 0.15) is 30.5 Å². The van der Waals surface area contributed by atoms with Gasteiger partial charge in [0.15, 0.2) is 6.29 Å². The van der Waals surface area contributed by atoms with Gasteiger partial charge in [0.2, 0.25) is 5.91 Å². The average molecular weight is 714 g/mol. The summed E-state index contributed by atoms with van der Waals surface area (Å²) in [7, 11) is 0. The Morgan fingerprint density at radius 3 is 1.74 bits per heavy atom. The molecule has 0 bridgehead atoms. The summed E-state index contributed by atoms with van der Waals surface area (Å²) in [6.45, 7) is 3.55. The molecule has 10 heteroatoms. The van der Waals surface area contributed by atoms with Crippen LogP contribution in [0.1, 0.15) is 162 Å². The fraction of sp³-hybridized carbons (Fsp3) is 0.875. The van der Waals surface area contributed by atoms with Gasteiger partial charge >= 0.3 is 0 Å². The smallest absolute Gasteiger partial charge is 0.249 e. The van der Waals surface area contributed by atoms with Crippen molar-refractivity contribution in [3.63, 3.8) is 0 Å². The van der Waals surface area contributed by atoms with Gasteiger partial charge in [0.05, 0.1) is 25.4 Å². The summed E-state index contributed by atoms with van der Waals surface area (Å²) in [6.07, 6.45) is 24.1. The maximum atomic E-state index is 12.9. The third-order valence-corrected chi connectivity index (χ3v) is 9.63. The van der Waals surface area contributed by atoms with Gasteiger partial charge in [0, 0.05) is 0 Å². The number of nitrogens with one attached hydrogen (secondary N) is 1. The molecule has 10 nitrogen and oxygen atoms in total. The fourth-order valence-electron chi connectivity index (χ4n) is 6.22. The van der Waals surface area contributed by atoms with Crippen LogP contribution in [0.2, 0.25) is 0 Å². The zero-order chi connectivity index (χ0) is 36.8. The molecule has 1 rings (SSSR count). The van der Waals surface area contributed by atoms with E-state index in [9.17, 15) is 35.4 Å². The maximum absolute atomic E-state index is 12.9. The van der Waals surface area contributed by atoms with Crippen LogP contribution in [0.5, 0.6) is 0 Å². The van der Waals surface area contributed by atoms with Gasteiger partial charge in [-0.25, -0.2) is 0 Å². The zero-order valence-electron chi connectivity index (χ0n) is 31.5. The minimum atomic E-state index is -1.61. The Kier molecular flexibility index (Phi) is 29.1. The third kappa shape index (κ3) is 21.9. The summed E-state index contributed by atoms with van der Waals surface area (Å²) in [4.78, 5) is 12.9. The van der Waals surface area contributed by atoms with E-state index in [1.807, 2.05) is 6.08 Å². The van der Waals surface area contributed by atoms with Crippen LogP contribution in [0, 0.1) is 0 Å². The summed E-state index contributed by atoms with van der Waals surface area (Å²) in [5.41, 5.74) is 0. The lowest BCUT2D eigenvalue weighted by atomic mass is 9.99. The summed E-state index contributed by atoms with van der Waals surface area (Å²) in [5.74, 6) is -0.626. The number of aliphatic hydroxyl groups is 6. The highest BCUT2D eigenvalue weighted by Gasteiger charge is 2.44. The molecule has 1 heterocycles. The number of unbranched alkanes of at least 4 members (excludes halogenated alkanes) is 19. The predicted octanol–water partition coefficient (Wildman–Crippen LogP) is 6.13. The predicted molar refractivity (Wildman–Crippen MR) is 199 cm³/mol. The average Bonchev–Trinajstić information content (AvgIpc) is 3.11. The van der Waals surface area contributed by atoms with Crippen molar-refractivity contribution in [1.29, 1.82) is 0 Å². The summed E-state index contributed by atoms with van der Waals surface area (Å²) >= 11 is 0. The first-order valence-corrected chi connectivity index (χ1v) is 20.2. The molecule has 0 aromatic carbocycles. The number of rotatable bonds is 32. The number of amides is 1. The van der Waals surface area contributed by atoms with E-state index < -0.39 is 61.5 Å². The maximum Gasteiger partial charge on any atom is 0.249 e. The Morgan fingerprint density at radius 1 is 0.680 bits per heavy atom. The molecule has 1 saturated heterocycles. The number of ether oxygens (including phenoxy) is 2. The highest BCUT2D eigenvalue weighted by Crippen LogP contribution is 2.22. The third-order valence-electron chi connectivity index (χ3n) is 9.63. The molecule has 7 N–H and O–H groups in total. The van der Waals surface area contributed by atoms with Crippen LogP contribution in [-0.2, 0) is 14.3 Å². The van der Waals surface area contributed by atoms with Gasteiger partial charge in [-0.15, -0.1) is 0 Å². The van der Waals surface area contributed by atoms with E-state index in [-0.39, 0.29) is 6.61 Å². The molecule has 0 aromatic heterocycles. The van der Waals surface area contributed by atoms with E-state index in [1.54, 1.807) is 6.08 Å². The van der Waals surface area contributed by atoms with Crippen LogP contribution in [0.3, 0.4) is 0 Å². The van der Waals surface area contributed by atoms with Gasteiger partial charge in [-0.1, -0.05) is 147 Å². The highest BCUT2D eigenvalue weighted by molar-refractivity contribution is 5.80. The molecule has 1 amide bonds. The topological polar surface area (TPSA) is 169 Å². The fourth-order valence-corrected chi connectivity index (χ4v) is 6.22. The molecular weight excluding hydrogens is 638 g/mol. The van der Waals surface area contributed by atoms with E-state index in [0.717, 1.165) is 44.9 Å². The van der Waals surface area contributed by atoms with Crippen molar-refractivity contribution in [2.45, 2.75) is 210 Å². The number of carbonyl (C=O) groups is 1. The Labute approximate surface area is 303 Å². The minimum absolute atomic E-state index is 0.307. The van der Waals surface area contributed by atoms with Gasteiger partial charge in [-0.2, -0.15) is 0 Å². The van der Waals surface area contributed by atoms with Crippen LogP contribution in [0.15, 0.2) is 24.3 Å². The van der Waals surface area contributed by atoms with Gasteiger partial charge < -0.3 is 45.4 Å². The van der Waals surface area contributed by atoms with Crippen molar-refractivity contribution in [3.05, 3.63) is 24.3 Å². The largest absolute Gasteiger partial charge is 0.394 e. The van der Waals surface area contributed by atoms with E-state index in [2.05, 4.69) is 31.3 Å². The summed E-state index contributed by atoms with van der Waals surface area (Å²) < 4.78 is 11.1. The van der Waals surface area contributed by atoms with E-state index in [4.69, 9.17) is 9.47 Å². The summed E-state index contributed by atoms with van der Waals surface area (Å²) in [5, 5.41) is 64.3. The lowest BCUT2D eigenvalue weighted by Crippen LogP contribution is -2.60. The SMILES string of the molecule is CCCCCCCC/C=C/CCC/C=C/[C@@H](O)[C@H](CO[C@@H]1OC(CO)C(O)[C@@H](O)[C@@H]1O)NC(=O)[C@H](O)CCCCCCCCCCCCCC. The second-order valence-electron chi connectivity index (χ2n) is 14.2. The Morgan fingerprint density at radius 2 is 1.18 bits per heavy atom. The van der Waals surface area contributed by atoms with Crippen molar-refractivity contribution in [3.8, 4) is 0 Å². The zero-order valence-corrected chi connectivity index (χ0v) is 31.5. The first kappa shape index (κ1) is 46.7. The van der Waals surface area contributed by atoms with Crippen LogP contribution in [-0.4, -0.2) is 98.7 Å². The van der Waals surface area contributed by atoms with Crippen molar-refractivity contribution < 1.29 is 44.9 Å². The van der Waals surface area contributed by atoms with Crippen molar-refractivity contribution in [1.82, 2.24) is 5.32 Å². The standard InChI is InChI=1S/C40H75NO9/c1-3-5-7-9-11-13-15-17-19-20-22-24-26-28-33(43)32(31-49-40-38(47)37(46)36(45)35(30-42)50-40)41-39(48)34(44)29-27-25-23-21-18-16-14-12-10-8-6-4-2/h17,19,26,28,32-38,40,42-47H,3-16,18,20-25,27,29-31H2,1-2H3,(H,41,48)/b19-17+,28-26+/t32-,33+,34+,35?,36?,37+,38-,40+/m0/s1. The van der Waals surface area contributed by atoms with Crippen molar-refractivity contribution >= 4 is 5.91 Å². The van der Waals surface area contributed by atoms with Gasteiger partial charge in [-0.3, -0.25) is 4.79 Å². The summed E-state index contributed by atoms with van der Waals surface area (Å²) in [6, 6.07) is -0.986. The normalized spacial score (nSPS) is 23.1. The van der Waals surface area contributed by atoms with Crippen LogP contribution in [0.4, 0.5) is 0 Å². The quantitative estimate of drug-likeness (QED) is 0.0320. The molecule has 1 aliphatic heterocycles. The molecule has 1 fully saturated rings. The second kappa shape index (κ2) is 31.2. The first-order chi connectivity index (χ1) is 24.3.